The SMILES string of the molecule is c1ccc2cc(-c3ccc4ccc5ccc6c7ccccc7ccc6c5c4c3)ccc2c1. The van der Waals surface area contributed by atoms with E-state index in [4.69, 9.17) is 0 Å². The molecule has 0 radical (unpaired) electrons. The van der Waals surface area contributed by atoms with E-state index in [0.29, 0.717) is 0 Å². The molecule has 32 heavy (non-hydrogen) atoms. The van der Waals surface area contributed by atoms with Crippen molar-refractivity contribution in [3.8, 4) is 11.1 Å². The fourth-order valence-electron chi connectivity index (χ4n) is 5.19. The van der Waals surface area contributed by atoms with Crippen LogP contribution in [0.4, 0.5) is 0 Å². The minimum absolute atomic E-state index is 1.26. The molecular weight excluding hydrogens is 384 g/mol. The molecule has 0 bridgehead atoms. The summed E-state index contributed by atoms with van der Waals surface area (Å²) in [6.07, 6.45) is 0. The predicted molar refractivity (Wildman–Crippen MR) is 139 cm³/mol. The molecule has 0 atom stereocenters. The summed E-state index contributed by atoms with van der Waals surface area (Å²) in [5, 5.41) is 13.0. The lowest BCUT2D eigenvalue weighted by atomic mass is 9.92. The molecule has 0 saturated heterocycles. The maximum Gasteiger partial charge on any atom is -0.00264 e. The van der Waals surface area contributed by atoms with Crippen molar-refractivity contribution in [2.45, 2.75) is 0 Å². The average Bonchev–Trinajstić information content (AvgIpc) is 2.87. The first-order chi connectivity index (χ1) is 15.8. The molecule has 0 heteroatoms. The quantitative estimate of drug-likeness (QED) is 0.239. The summed E-state index contributed by atoms with van der Waals surface area (Å²) >= 11 is 0. The zero-order valence-corrected chi connectivity index (χ0v) is 17.5. The molecule has 0 spiro atoms. The van der Waals surface area contributed by atoms with Crippen LogP contribution in [0.2, 0.25) is 0 Å². The number of benzene rings is 7. The van der Waals surface area contributed by atoms with E-state index < -0.39 is 0 Å². The first-order valence-electron chi connectivity index (χ1n) is 11.1. The fraction of sp³-hybridized carbons (Fsp3) is 0. The van der Waals surface area contributed by atoms with Crippen molar-refractivity contribution in [2.75, 3.05) is 0 Å². The van der Waals surface area contributed by atoms with Gasteiger partial charge < -0.3 is 0 Å². The monoisotopic (exact) mass is 404 g/mol. The van der Waals surface area contributed by atoms with Gasteiger partial charge in [0.2, 0.25) is 0 Å². The molecule has 0 heterocycles. The Kier molecular flexibility index (Phi) is 3.65. The highest BCUT2D eigenvalue weighted by Gasteiger charge is 2.09. The smallest absolute Gasteiger partial charge is 0.00264 e. The van der Waals surface area contributed by atoms with Crippen LogP contribution in [0, 0.1) is 0 Å². The summed E-state index contributed by atoms with van der Waals surface area (Å²) in [6.45, 7) is 0. The second-order valence-corrected chi connectivity index (χ2v) is 8.61. The third-order valence-electron chi connectivity index (χ3n) is 6.81. The largest absolute Gasteiger partial charge is 0.0616 e. The number of fused-ring (bicyclic) bond motifs is 8. The van der Waals surface area contributed by atoms with Crippen LogP contribution in [0.15, 0.2) is 121 Å². The molecule has 0 fully saturated rings. The van der Waals surface area contributed by atoms with Gasteiger partial charge in [0.05, 0.1) is 0 Å². The molecule has 0 aliphatic heterocycles. The molecule has 0 amide bonds. The number of hydrogen-bond acceptors (Lipinski definition) is 0. The van der Waals surface area contributed by atoms with Crippen LogP contribution in [-0.4, -0.2) is 0 Å². The minimum Gasteiger partial charge on any atom is -0.0616 e. The van der Waals surface area contributed by atoms with E-state index in [9.17, 15) is 0 Å². The summed E-state index contributed by atoms with van der Waals surface area (Å²) in [4.78, 5) is 0. The molecule has 0 aliphatic rings. The van der Waals surface area contributed by atoms with E-state index in [1.807, 2.05) is 0 Å². The van der Waals surface area contributed by atoms with Gasteiger partial charge in [-0.25, -0.2) is 0 Å². The van der Waals surface area contributed by atoms with Gasteiger partial charge in [0.25, 0.3) is 0 Å². The van der Waals surface area contributed by atoms with Gasteiger partial charge in [-0.1, -0.05) is 109 Å². The van der Waals surface area contributed by atoms with Gasteiger partial charge in [0, 0.05) is 0 Å². The molecule has 7 aromatic rings. The van der Waals surface area contributed by atoms with Gasteiger partial charge in [-0.05, 0) is 77.1 Å². The highest BCUT2D eigenvalue weighted by atomic mass is 14.1. The van der Waals surface area contributed by atoms with Crippen molar-refractivity contribution < 1.29 is 0 Å². The maximum atomic E-state index is 2.37. The molecule has 7 rings (SSSR count). The molecule has 7 aromatic carbocycles. The predicted octanol–water partition coefficient (Wildman–Crippen LogP) is 9.12. The lowest BCUT2D eigenvalue weighted by Crippen LogP contribution is -1.85. The van der Waals surface area contributed by atoms with Crippen molar-refractivity contribution in [3.05, 3.63) is 121 Å². The Hall–Kier alpha value is -4.16. The molecule has 0 unspecified atom stereocenters. The number of hydrogen-bond donors (Lipinski definition) is 0. The van der Waals surface area contributed by atoms with Gasteiger partial charge in [0.15, 0.2) is 0 Å². The molecule has 0 saturated carbocycles. The van der Waals surface area contributed by atoms with Crippen LogP contribution >= 0.6 is 0 Å². The highest BCUT2D eigenvalue weighted by molar-refractivity contribution is 6.25. The first kappa shape index (κ1) is 17.5. The third kappa shape index (κ3) is 2.57. The van der Waals surface area contributed by atoms with Crippen LogP contribution in [0.5, 0.6) is 0 Å². The lowest BCUT2D eigenvalue weighted by Gasteiger charge is -2.12. The molecule has 148 valence electrons. The van der Waals surface area contributed by atoms with Crippen LogP contribution in [0.25, 0.3) is 65.0 Å². The van der Waals surface area contributed by atoms with Crippen LogP contribution < -0.4 is 0 Å². The average molecular weight is 405 g/mol. The van der Waals surface area contributed by atoms with Crippen molar-refractivity contribution in [1.82, 2.24) is 0 Å². The topological polar surface area (TPSA) is 0 Å². The van der Waals surface area contributed by atoms with Crippen LogP contribution in [0.3, 0.4) is 0 Å². The number of rotatable bonds is 1. The molecule has 0 nitrogen and oxygen atoms in total. The van der Waals surface area contributed by atoms with Gasteiger partial charge in [-0.2, -0.15) is 0 Å². The molecular formula is C32H20. The first-order valence-corrected chi connectivity index (χ1v) is 11.1. The van der Waals surface area contributed by atoms with Crippen molar-refractivity contribution in [1.29, 1.82) is 0 Å². The summed E-state index contributed by atoms with van der Waals surface area (Å²) < 4.78 is 0. The second kappa shape index (κ2) is 6.67. The summed E-state index contributed by atoms with van der Waals surface area (Å²) in [6, 6.07) is 44.5. The van der Waals surface area contributed by atoms with E-state index in [-0.39, 0.29) is 0 Å². The lowest BCUT2D eigenvalue weighted by molar-refractivity contribution is 1.68. The van der Waals surface area contributed by atoms with Crippen LogP contribution in [-0.2, 0) is 0 Å². The zero-order valence-electron chi connectivity index (χ0n) is 17.5. The van der Waals surface area contributed by atoms with E-state index in [2.05, 4.69) is 121 Å². The van der Waals surface area contributed by atoms with E-state index in [0.717, 1.165) is 0 Å². The third-order valence-corrected chi connectivity index (χ3v) is 6.81. The minimum atomic E-state index is 1.26. The Labute approximate surface area is 186 Å². The second-order valence-electron chi connectivity index (χ2n) is 8.61. The van der Waals surface area contributed by atoms with Gasteiger partial charge in [-0.3, -0.25) is 0 Å². The van der Waals surface area contributed by atoms with E-state index >= 15 is 0 Å². The summed E-state index contributed by atoms with van der Waals surface area (Å²) in [5.41, 5.74) is 2.52. The van der Waals surface area contributed by atoms with Gasteiger partial charge >= 0.3 is 0 Å². The zero-order chi connectivity index (χ0) is 21.1. The fourth-order valence-corrected chi connectivity index (χ4v) is 5.19. The maximum absolute atomic E-state index is 2.37. The Morgan fingerprint density at radius 3 is 1.75 bits per heavy atom. The molecule has 0 aromatic heterocycles. The molecule has 0 N–H and O–H groups in total. The van der Waals surface area contributed by atoms with Crippen molar-refractivity contribution in [3.63, 3.8) is 0 Å². The summed E-state index contributed by atoms with van der Waals surface area (Å²) in [7, 11) is 0. The normalized spacial score (nSPS) is 11.8. The Morgan fingerprint density at radius 2 is 0.844 bits per heavy atom. The van der Waals surface area contributed by atoms with Crippen molar-refractivity contribution in [2.24, 2.45) is 0 Å². The van der Waals surface area contributed by atoms with E-state index in [1.54, 1.807) is 0 Å². The van der Waals surface area contributed by atoms with Crippen molar-refractivity contribution >= 4 is 53.9 Å². The van der Waals surface area contributed by atoms with Gasteiger partial charge in [0.1, 0.15) is 0 Å². The highest BCUT2D eigenvalue weighted by Crippen LogP contribution is 2.37. The van der Waals surface area contributed by atoms with Crippen LogP contribution in [0.1, 0.15) is 0 Å². The Bertz CT molecular complexity index is 1820. The standard InChI is InChI=1S/C32H20/c1-2-7-25-19-26(13-9-21(25)5-1)27-14-11-23-10-12-24-16-17-29-28-8-4-3-6-22(28)15-18-30(29)32(24)31(23)20-27/h1-20H. The Morgan fingerprint density at radius 1 is 0.281 bits per heavy atom. The Balaban J connectivity index is 1.56. The van der Waals surface area contributed by atoms with Gasteiger partial charge in [-0.15, -0.1) is 0 Å². The van der Waals surface area contributed by atoms with E-state index in [1.165, 1.54) is 65.0 Å². The summed E-state index contributed by atoms with van der Waals surface area (Å²) in [5.74, 6) is 0. The molecule has 0 aliphatic carbocycles.